The number of carboxylic acids is 3. The second kappa shape index (κ2) is 19.9. The molecular formula is C31H44N2O11. The number of carboxylic acid groups (broad SMARTS) is 3. The minimum atomic E-state index is -3.07. The quantitative estimate of drug-likeness (QED) is 0.0470. The van der Waals surface area contributed by atoms with Crippen LogP contribution in [0.5, 0.6) is 0 Å². The van der Waals surface area contributed by atoms with E-state index in [1.807, 2.05) is 0 Å². The lowest BCUT2D eigenvalue weighted by atomic mass is 9.82. The number of nitro groups is 1. The molecule has 1 aromatic rings. The highest BCUT2D eigenvalue weighted by atomic mass is 16.6. The Morgan fingerprint density at radius 1 is 0.909 bits per heavy atom. The summed E-state index contributed by atoms with van der Waals surface area (Å²) in [4.78, 5) is 70.6. The summed E-state index contributed by atoms with van der Waals surface area (Å²) in [7, 11) is 0. The Labute approximate surface area is 256 Å². The van der Waals surface area contributed by atoms with E-state index < -0.39 is 52.7 Å². The number of hydrogen-bond acceptors (Lipinski definition) is 8. The minimum Gasteiger partial charge on any atom is -0.481 e. The summed E-state index contributed by atoms with van der Waals surface area (Å²) in [5.41, 5.74) is -2.97. The summed E-state index contributed by atoms with van der Waals surface area (Å²) in [5.74, 6) is -8.06. The minimum absolute atomic E-state index is 0.225. The Bertz CT molecular complexity index is 1150. The maximum absolute atomic E-state index is 13.2. The van der Waals surface area contributed by atoms with Crippen LogP contribution in [0.15, 0.2) is 36.4 Å². The van der Waals surface area contributed by atoms with Gasteiger partial charge in [0.05, 0.1) is 17.3 Å². The fraction of sp³-hybridized carbons (Fsp3) is 0.581. The molecule has 0 saturated carbocycles. The van der Waals surface area contributed by atoms with E-state index in [1.54, 1.807) is 0 Å². The number of Topliss-reactive ketones (excluding diaryl/α,β-unsaturated/α-hetero) is 1. The highest BCUT2D eigenvalue weighted by Crippen LogP contribution is 2.26. The van der Waals surface area contributed by atoms with Gasteiger partial charge in [-0.3, -0.25) is 24.5 Å². The van der Waals surface area contributed by atoms with Crippen LogP contribution < -0.4 is 5.32 Å². The highest BCUT2D eigenvalue weighted by molar-refractivity contribution is 5.94. The number of non-ortho nitro benzene ring substituents is 1. The van der Waals surface area contributed by atoms with Gasteiger partial charge < -0.3 is 25.7 Å². The average Bonchev–Trinajstić information content (AvgIpc) is 2.95. The van der Waals surface area contributed by atoms with Crippen molar-refractivity contribution in [2.75, 3.05) is 0 Å². The first-order valence-electron chi connectivity index (χ1n) is 14.9. The third-order valence-corrected chi connectivity index (χ3v) is 7.25. The number of amides is 1. The zero-order valence-corrected chi connectivity index (χ0v) is 25.1. The average molecular weight is 621 g/mol. The molecule has 0 aliphatic heterocycles. The van der Waals surface area contributed by atoms with E-state index in [4.69, 9.17) is 0 Å². The molecule has 0 saturated heterocycles. The van der Waals surface area contributed by atoms with Gasteiger partial charge in [-0.2, -0.15) is 0 Å². The van der Waals surface area contributed by atoms with Crippen molar-refractivity contribution in [3.63, 3.8) is 0 Å². The molecule has 1 rings (SSSR count). The largest absolute Gasteiger partial charge is 0.481 e. The zero-order chi connectivity index (χ0) is 33.1. The summed E-state index contributed by atoms with van der Waals surface area (Å²) in [6.45, 7) is 2.14. The predicted molar refractivity (Wildman–Crippen MR) is 160 cm³/mol. The Morgan fingerprint density at radius 2 is 1.48 bits per heavy atom. The van der Waals surface area contributed by atoms with Crippen LogP contribution in [0.4, 0.5) is 5.69 Å². The number of rotatable bonds is 24. The van der Waals surface area contributed by atoms with Crippen LogP contribution in [0.1, 0.15) is 96.0 Å². The molecule has 244 valence electrons. The first-order chi connectivity index (χ1) is 20.8. The molecule has 0 aromatic heterocycles. The molecule has 0 fully saturated rings. The lowest BCUT2D eigenvalue weighted by molar-refractivity contribution is -0.384. The van der Waals surface area contributed by atoms with E-state index >= 15 is 0 Å². The maximum atomic E-state index is 13.2. The number of ketones is 1. The molecule has 44 heavy (non-hydrogen) atoms. The van der Waals surface area contributed by atoms with Gasteiger partial charge in [0.2, 0.25) is 5.91 Å². The molecule has 13 heteroatoms. The lowest BCUT2D eigenvalue weighted by Crippen LogP contribution is -2.55. The molecule has 3 atom stereocenters. The smallest absolute Gasteiger partial charge is 0.337 e. The predicted octanol–water partition coefficient (Wildman–Crippen LogP) is 4.44. The van der Waals surface area contributed by atoms with Crippen LogP contribution in [0.3, 0.4) is 0 Å². The second-order valence-electron chi connectivity index (χ2n) is 10.9. The third-order valence-electron chi connectivity index (χ3n) is 7.25. The van der Waals surface area contributed by atoms with Gasteiger partial charge in [-0.15, -0.1) is 0 Å². The first-order valence-corrected chi connectivity index (χ1v) is 14.9. The summed E-state index contributed by atoms with van der Waals surface area (Å²) in [6, 6.07) is 3.32. The van der Waals surface area contributed by atoms with Gasteiger partial charge in [-0.05, 0) is 31.2 Å². The van der Waals surface area contributed by atoms with E-state index in [2.05, 4.69) is 12.2 Å². The van der Waals surface area contributed by atoms with Crippen molar-refractivity contribution >= 4 is 35.3 Å². The van der Waals surface area contributed by atoms with Gasteiger partial charge in [-0.25, -0.2) is 9.59 Å². The van der Waals surface area contributed by atoms with Crippen LogP contribution in [-0.4, -0.2) is 66.6 Å². The number of allylic oxidation sites excluding steroid dienone is 1. The van der Waals surface area contributed by atoms with Gasteiger partial charge in [-0.1, -0.05) is 69.7 Å². The lowest BCUT2D eigenvalue weighted by Gasteiger charge is -2.29. The number of benzene rings is 1. The van der Waals surface area contributed by atoms with E-state index in [0.29, 0.717) is 31.2 Å². The fourth-order valence-corrected chi connectivity index (χ4v) is 4.68. The van der Waals surface area contributed by atoms with Crippen molar-refractivity contribution in [2.45, 2.75) is 108 Å². The maximum Gasteiger partial charge on any atom is 0.337 e. The van der Waals surface area contributed by atoms with Crippen molar-refractivity contribution in [1.29, 1.82) is 0 Å². The van der Waals surface area contributed by atoms with E-state index in [0.717, 1.165) is 63.2 Å². The topological polar surface area (TPSA) is 221 Å². The molecule has 1 amide bonds. The number of nitro benzene ring substituents is 1. The first kappa shape index (κ1) is 37.9. The molecule has 0 heterocycles. The number of nitrogens with one attached hydrogen (secondary N) is 1. The Morgan fingerprint density at radius 3 is 1.98 bits per heavy atom. The van der Waals surface area contributed by atoms with Gasteiger partial charge in [0, 0.05) is 31.4 Å². The molecule has 0 aliphatic rings. The summed E-state index contributed by atoms with van der Waals surface area (Å²) < 4.78 is 0. The molecule has 1 aromatic carbocycles. The monoisotopic (exact) mass is 620 g/mol. The summed E-state index contributed by atoms with van der Waals surface area (Å²) >= 11 is 0. The van der Waals surface area contributed by atoms with E-state index in [9.17, 15) is 54.5 Å². The van der Waals surface area contributed by atoms with Gasteiger partial charge in [0.15, 0.2) is 5.60 Å². The van der Waals surface area contributed by atoms with Gasteiger partial charge >= 0.3 is 17.9 Å². The number of nitrogens with zero attached hydrogens (tertiary/aromatic N) is 1. The van der Waals surface area contributed by atoms with Crippen LogP contribution in [0, 0.1) is 16.0 Å². The Hall–Kier alpha value is -4.13. The molecule has 0 bridgehead atoms. The number of aliphatic hydroxyl groups is 1. The highest BCUT2D eigenvalue weighted by Gasteiger charge is 2.49. The summed E-state index contributed by atoms with van der Waals surface area (Å²) in [6.07, 6.45) is 10.7. The SMILES string of the molecule is CCCCCCCC(=O)CCCCCCC=C[C@H](C(=O)N[C@@H](Cc1ccc([N+](=O)[O-])cc1)C(=O)O)[C@@](O)(CC(=O)O)C(=O)O. The van der Waals surface area contributed by atoms with E-state index in [-0.39, 0.29) is 17.9 Å². The molecule has 0 radical (unpaired) electrons. The standard InChI is InChI=1S/C31H44N2O11/c1-2-3-4-7-10-13-24(34)14-11-8-5-6-9-12-15-25(31(42,30(40)41)21-27(35)36)28(37)32-26(29(38)39)20-22-16-18-23(19-17-22)33(43)44/h12,15-19,25-26,42H,2-11,13-14,20-21H2,1H3,(H,32,37)(H,35,36)(H,38,39)(H,40,41)/t25-,26+,31+/m1/s1. The van der Waals surface area contributed by atoms with Crippen molar-refractivity contribution in [3.05, 3.63) is 52.1 Å². The molecule has 0 spiro atoms. The van der Waals surface area contributed by atoms with Crippen molar-refractivity contribution in [2.24, 2.45) is 5.92 Å². The van der Waals surface area contributed by atoms with Crippen molar-refractivity contribution < 1.29 is 49.3 Å². The number of hydrogen-bond donors (Lipinski definition) is 5. The number of carbonyl (C=O) groups excluding carboxylic acids is 2. The fourth-order valence-electron chi connectivity index (χ4n) is 4.68. The van der Waals surface area contributed by atoms with E-state index in [1.165, 1.54) is 24.6 Å². The summed E-state index contributed by atoms with van der Waals surface area (Å²) in [5, 5.41) is 52.4. The van der Waals surface area contributed by atoms with Crippen LogP contribution in [0.2, 0.25) is 0 Å². The van der Waals surface area contributed by atoms with Gasteiger partial charge in [0.25, 0.3) is 5.69 Å². The molecular weight excluding hydrogens is 576 g/mol. The van der Waals surface area contributed by atoms with Crippen LogP contribution >= 0.6 is 0 Å². The third kappa shape index (κ3) is 13.9. The van der Waals surface area contributed by atoms with Gasteiger partial charge in [0.1, 0.15) is 11.8 Å². The van der Waals surface area contributed by atoms with Crippen LogP contribution in [0.25, 0.3) is 0 Å². The Balaban J connectivity index is 2.83. The zero-order valence-electron chi connectivity index (χ0n) is 25.1. The second-order valence-corrected chi connectivity index (χ2v) is 10.9. The number of unbranched alkanes of at least 4 members (excludes halogenated alkanes) is 8. The number of aliphatic carboxylic acids is 3. The van der Waals surface area contributed by atoms with Crippen LogP contribution in [-0.2, 0) is 30.4 Å². The molecule has 13 nitrogen and oxygen atoms in total. The van der Waals surface area contributed by atoms with Crippen molar-refractivity contribution in [3.8, 4) is 0 Å². The van der Waals surface area contributed by atoms with Crippen molar-refractivity contribution in [1.82, 2.24) is 5.32 Å². The molecule has 0 aliphatic carbocycles. The molecule has 0 unspecified atom stereocenters. The Kier molecular flexibility index (Phi) is 17.2. The number of carbonyl (C=O) groups is 5. The normalized spacial score (nSPS) is 14.0. The molecule has 5 N–H and O–H groups in total.